The number of carbonyl (C=O) groups is 2. The lowest BCUT2D eigenvalue weighted by molar-refractivity contribution is -0.116. The Hall–Kier alpha value is -3.26. The Morgan fingerprint density at radius 1 is 1.00 bits per heavy atom. The van der Waals surface area contributed by atoms with Crippen LogP contribution < -0.4 is 10.8 Å². The van der Waals surface area contributed by atoms with Gasteiger partial charge in [0, 0.05) is 24.3 Å². The maximum Gasteiger partial charge on any atom is 0.405 e. The molecule has 0 aromatic heterocycles. The molecule has 6 nitrogen and oxygen atoms in total. The number of nitrogens with one attached hydrogen (secondary N) is 1. The summed E-state index contributed by atoms with van der Waals surface area (Å²) in [6, 6.07) is 20.2. The first-order valence-electron chi connectivity index (χ1n) is 10.2. The van der Waals surface area contributed by atoms with Crippen molar-refractivity contribution in [3.63, 3.8) is 0 Å². The van der Waals surface area contributed by atoms with Crippen LogP contribution in [0.1, 0.15) is 34.8 Å². The average Bonchev–Trinajstić information content (AvgIpc) is 3.08. The Bertz CT molecular complexity index is 1140. The Kier molecular flexibility index (Phi) is 5.74. The molecule has 3 aromatic carbocycles. The largest absolute Gasteiger partial charge is 0.556 e. The van der Waals surface area contributed by atoms with Gasteiger partial charge in [0.15, 0.2) is 5.78 Å². The van der Waals surface area contributed by atoms with Crippen molar-refractivity contribution in [2.75, 3.05) is 5.32 Å². The number of amides is 1. The van der Waals surface area contributed by atoms with Gasteiger partial charge in [-0.15, -0.1) is 5.46 Å². The van der Waals surface area contributed by atoms with Crippen LogP contribution in [0.15, 0.2) is 66.7 Å². The van der Waals surface area contributed by atoms with Crippen LogP contribution in [0.25, 0.3) is 11.1 Å². The predicted octanol–water partition coefficient (Wildman–Crippen LogP) is 2.79. The minimum Gasteiger partial charge on any atom is -0.556 e. The zero-order valence-corrected chi connectivity index (χ0v) is 17.2. The summed E-state index contributed by atoms with van der Waals surface area (Å²) in [5, 5.41) is 23.1. The standard InChI is InChI=1S/C24H23BNO5/c1-16(27)17-8-10-18(11-9-17)20-5-3-7-22(14-20)26-23(28)13-12-19-4-2-6-21-15-31-25(29,30)24(19)21/h2-11,14,29-30H,12-13,15H2,1H3,(H,26,28)/q-1. The predicted molar refractivity (Wildman–Crippen MR) is 120 cm³/mol. The highest BCUT2D eigenvalue weighted by atomic mass is 16.6. The van der Waals surface area contributed by atoms with Crippen LogP contribution in [-0.4, -0.2) is 28.5 Å². The minimum absolute atomic E-state index is 0.0176. The van der Waals surface area contributed by atoms with E-state index in [0.29, 0.717) is 28.7 Å². The van der Waals surface area contributed by atoms with Gasteiger partial charge in [-0.2, -0.15) is 0 Å². The number of hydrogen-bond donors (Lipinski definition) is 3. The van der Waals surface area contributed by atoms with E-state index in [2.05, 4.69) is 5.32 Å². The molecule has 0 radical (unpaired) electrons. The molecule has 0 unspecified atom stereocenters. The smallest absolute Gasteiger partial charge is 0.405 e. The van der Waals surface area contributed by atoms with Crippen molar-refractivity contribution in [1.82, 2.24) is 0 Å². The summed E-state index contributed by atoms with van der Waals surface area (Å²) < 4.78 is 5.08. The number of aryl methyl sites for hydroxylation is 1. The third kappa shape index (κ3) is 4.59. The summed E-state index contributed by atoms with van der Waals surface area (Å²) in [5.41, 5.74) is 5.04. The number of fused-ring (bicyclic) bond motifs is 1. The van der Waals surface area contributed by atoms with Gasteiger partial charge >= 0.3 is 6.75 Å². The van der Waals surface area contributed by atoms with E-state index in [1.54, 1.807) is 24.3 Å². The molecule has 31 heavy (non-hydrogen) atoms. The van der Waals surface area contributed by atoms with Crippen LogP contribution >= 0.6 is 0 Å². The van der Waals surface area contributed by atoms with Crippen LogP contribution in [0.5, 0.6) is 0 Å². The quantitative estimate of drug-likeness (QED) is 0.424. The number of anilines is 1. The Morgan fingerprint density at radius 2 is 1.74 bits per heavy atom. The van der Waals surface area contributed by atoms with Crippen molar-refractivity contribution >= 4 is 29.6 Å². The Balaban J connectivity index is 1.43. The summed E-state index contributed by atoms with van der Waals surface area (Å²) in [6.07, 6.45) is 0.565. The highest BCUT2D eigenvalue weighted by Gasteiger charge is 2.33. The fourth-order valence-corrected chi connectivity index (χ4v) is 3.93. The first kappa shape index (κ1) is 21.0. The van der Waals surface area contributed by atoms with Gasteiger partial charge in [0.25, 0.3) is 0 Å². The lowest BCUT2D eigenvalue weighted by Crippen LogP contribution is -2.49. The molecule has 0 atom stereocenters. The van der Waals surface area contributed by atoms with E-state index in [1.165, 1.54) is 6.92 Å². The van der Waals surface area contributed by atoms with Gasteiger partial charge in [-0.3, -0.25) is 9.59 Å². The van der Waals surface area contributed by atoms with Crippen molar-refractivity contribution in [2.45, 2.75) is 26.4 Å². The van der Waals surface area contributed by atoms with E-state index < -0.39 is 6.75 Å². The number of carbonyl (C=O) groups excluding carboxylic acids is 2. The normalized spacial score (nSPS) is 14.2. The molecule has 4 rings (SSSR count). The van der Waals surface area contributed by atoms with Gasteiger partial charge in [0.05, 0.1) is 0 Å². The maximum absolute atomic E-state index is 12.5. The summed E-state index contributed by atoms with van der Waals surface area (Å²) in [5.74, 6) is -0.154. The van der Waals surface area contributed by atoms with E-state index in [1.807, 2.05) is 42.5 Å². The molecular weight excluding hydrogens is 393 g/mol. The molecule has 1 heterocycles. The molecule has 3 aromatic rings. The Labute approximate surface area is 180 Å². The number of ketones is 1. The minimum atomic E-state index is -3.01. The Morgan fingerprint density at radius 3 is 2.48 bits per heavy atom. The van der Waals surface area contributed by atoms with Gasteiger partial charge in [-0.1, -0.05) is 65.7 Å². The zero-order chi connectivity index (χ0) is 22.0. The van der Waals surface area contributed by atoms with Gasteiger partial charge in [-0.05, 0) is 36.6 Å². The zero-order valence-electron chi connectivity index (χ0n) is 17.2. The van der Waals surface area contributed by atoms with Crippen molar-refractivity contribution in [3.05, 3.63) is 83.4 Å². The molecular formula is C24H23BNO5-. The van der Waals surface area contributed by atoms with E-state index in [-0.39, 0.29) is 24.7 Å². The molecule has 3 N–H and O–H groups in total. The van der Waals surface area contributed by atoms with Crippen LogP contribution in [0.4, 0.5) is 5.69 Å². The second-order valence-electron chi connectivity index (χ2n) is 7.77. The van der Waals surface area contributed by atoms with Crippen molar-refractivity contribution in [1.29, 1.82) is 0 Å². The van der Waals surface area contributed by atoms with E-state index in [4.69, 9.17) is 4.65 Å². The number of Topliss-reactive ketones (excluding diaryl/α,β-unsaturated/α-hetero) is 1. The van der Waals surface area contributed by atoms with Crippen molar-refractivity contribution < 1.29 is 24.3 Å². The molecule has 0 saturated heterocycles. The highest BCUT2D eigenvalue weighted by molar-refractivity contribution is 6.74. The lowest BCUT2D eigenvalue weighted by Gasteiger charge is -2.25. The fraction of sp³-hybridized carbons (Fsp3) is 0.167. The monoisotopic (exact) mass is 416 g/mol. The van der Waals surface area contributed by atoms with Gasteiger partial charge in [-0.25, -0.2) is 0 Å². The van der Waals surface area contributed by atoms with Crippen molar-refractivity contribution in [2.24, 2.45) is 0 Å². The van der Waals surface area contributed by atoms with Gasteiger partial charge in [0.2, 0.25) is 5.91 Å². The molecule has 0 spiro atoms. The van der Waals surface area contributed by atoms with Crippen LogP contribution in [0.3, 0.4) is 0 Å². The molecule has 158 valence electrons. The van der Waals surface area contributed by atoms with E-state index in [9.17, 15) is 19.6 Å². The molecule has 1 amide bonds. The number of benzene rings is 3. The topological polar surface area (TPSA) is 95.9 Å². The summed E-state index contributed by atoms with van der Waals surface area (Å²) in [4.78, 5) is 24.0. The number of hydrogen-bond acceptors (Lipinski definition) is 5. The SMILES string of the molecule is CC(=O)c1ccc(-c2cccc(NC(=O)CCc3cccc4c3[B-](O)(O)OC4)c2)cc1. The fourth-order valence-electron chi connectivity index (χ4n) is 3.93. The first-order chi connectivity index (χ1) is 14.8. The molecule has 0 fully saturated rings. The molecule has 0 saturated carbocycles. The first-order valence-corrected chi connectivity index (χ1v) is 10.2. The van der Waals surface area contributed by atoms with E-state index in [0.717, 1.165) is 16.7 Å². The molecule has 0 aliphatic carbocycles. The van der Waals surface area contributed by atoms with Gasteiger partial charge in [0.1, 0.15) is 0 Å². The van der Waals surface area contributed by atoms with Crippen LogP contribution in [0, 0.1) is 0 Å². The molecule has 7 heteroatoms. The molecule has 1 aliphatic heterocycles. The van der Waals surface area contributed by atoms with Gasteiger partial charge < -0.3 is 20.0 Å². The summed E-state index contributed by atoms with van der Waals surface area (Å²) in [7, 11) is 0. The second-order valence-corrected chi connectivity index (χ2v) is 7.77. The average molecular weight is 416 g/mol. The third-order valence-electron chi connectivity index (χ3n) is 5.53. The summed E-state index contributed by atoms with van der Waals surface area (Å²) >= 11 is 0. The highest BCUT2D eigenvalue weighted by Crippen LogP contribution is 2.24. The van der Waals surface area contributed by atoms with Crippen LogP contribution in [-0.2, 0) is 22.5 Å². The number of rotatable bonds is 6. The van der Waals surface area contributed by atoms with Crippen molar-refractivity contribution in [3.8, 4) is 11.1 Å². The lowest BCUT2D eigenvalue weighted by atomic mass is 9.67. The summed E-state index contributed by atoms with van der Waals surface area (Å²) in [6.45, 7) is -1.32. The maximum atomic E-state index is 12.5. The second kappa shape index (κ2) is 8.47. The molecule has 0 bridgehead atoms. The third-order valence-corrected chi connectivity index (χ3v) is 5.53. The van der Waals surface area contributed by atoms with Crippen LogP contribution in [0.2, 0.25) is 0 Å². The van der Waals surface area contributed by atoms with E-state index >= 15 is 0 Å². The molecule has 1 aliphatic rings.